The minimum Gasteiger partial charge on any atom is -0.386 e. The Balaban J connectivity index is 2.62. The van der Waals surface area contributed by atoms with Crippen molar-refractivity contribution < 1.29 is 18.3 Å². The van der Waals surface area contributed by atoms with Crippen LogP contribution in [0.15, 0.2) is 35.3 Å². The van der Waals surface area contributed by atoms with Crippen LogP contribution in [0.2, 0.25) is 10.0 Å². The minimum absolute atomic E-state index is 0.0384. The van der Waals surface area contributed by atoms with Gasteiger partial charge in [0.1, 0.15) is 0 Å². The van der Waals surface area contributed by atoms with E-state index in [0.717, 1.165) is 16.8 Å². The highest BCUT2D eigenvalue weighted by atomic mass is 35.5. The van der Waals surface area contributed by atoms with Gasteiger partial charge >= 0.3 is 6.18 Å². The molecular formula is C15H12Cl2F3NO2. The molecule has 0 saturated heterocycles. The Kier molecular flexibility index (Phi) is 4.54. The molecule has 0 fully saturated rings. The van der Waals surface area contributed by atoms with Crippen molar-refractivity contribution in [3.63, 3.8) is 0 Å². The molecular weight excluding hydrogens is 354 g/mol. The molecule has 0 radical (unpaired) electrons. The van der Waals surface area contributed by atoms with Gasteiger partial charge in [-0.05, 0) is 37.6 Å². The van der Waals surface area contributed by atoms with Crippen molar-refractivity contribution in [1.82, 2.24) is 4.57 Å². The maximum absolute atomic E-state index is 12.6. The number of rotatable bonds is 2. The molecule has 0 aliphatic heterocycles. The summed E-state index contributed by atoms with van der Waals surface area (Å²) in [7, 11) is 0. The Morgan fingerprint density at radius 2 is 1.57 bits per heavy atom. The lowest BCUT2D eigenvalue weighted by Gasteiger charge is -2.20. The highest BCUT2D eigenvalue weighted by Crippen LogP contribution is 2.34. The van der Waals surface area contributed by atoms with Gasteiger partial charge in [-0.2, -0.15) is 13.2 Å². The van der Waals surface area contributed by atoms with Gasteiger partial charge in [-0.15, -0.1) is 0 Å². The van der Waals surface area contributed by atoms with Gasteiger partial charge in [0.2, 0.25) is 0 Å². The molecule has 0 atom stereocenters. The molecule has 124 valence electrons. The third kappa shape index (κ3) is 3.71. The van der Waals surface area contributed by atoms with Gasteiger partial charge in [0.25, 0.3) is 5.56 Å². The van der Waals surface area contributed by atoms with Crippen molar-refractivity contribution in [3.8, 4) is 5.69 Å². The first-order chi connectivity index (χ1) is 10.4. The fourth-order valence-electron chi connectivity index (χ4n) is 1.99. The van der Waals surface area contributed by atoms with Gasteiger partial charge in [0.05, 0.1) is 26.9 Å². The third-order valence-corrected chi connectivity index (χ3v) is 3.79. The maximum atomic E-state index is 12.6. The van der Waals surface area contributed by atoms with Crippen molar-refractivity contribution in [3.05, 3.63) is 62.0 Å². The number of halogens is 5. The summed E-state index contributed by atoms with van der Waals surface area (Å²) in [5.41, 5.74) is -2.72. The Labute approximate surface area is 139 Å². The van der Waals surface area contributed by atoms with Gasteiger partial charge in [0, 0.05) is 12.3 Å². The average molecular weight is 366 g/mol. The van der Waals surface area contributed by atoms with Crippen LogP contribution in [0.1, 0.15) is 25.0 Å². The van der Waals surface area contributed by atoms with Crippen LogP contribution in [0.25, 0.3) is 5.69 Å². The zero-order valence-electron chi connectivity index (χ0n) is 12.1. The second-order valence-electron chi connectivity index (χ2n) is 5.47. The van der Waals surface area contributed by atoms with Crippen LogP contribution in [-0.4, -0.2) is 9.67 Å². The van der Waals surface area contributed by atoms with E-state index in [1.165, 1.54) is 26.0 Å². The van der Waals surface area contributed by atoms with Crippen LogP contribution in [0, 0.1) is 0 Å². The molecule has 1 heterocycles. The first-order valence-corrected chi connectivity index (χ1v) is 7.19. The Bertz CT molecular complexity index is 785. The van der Waals surface area contributed by atoms with E-state index >= 15 is 0 Å². The van der Waals surface area contributed by atoms with Crippen molar-refractivity contribution in [2.45, 2.75) is 25.6 Å². The molecule has 0 aliphatic rings. The molecule has 0 unspecified atom stereocenters. The lowest BCUT2D eigenvalue weighted by Crippen LogP contribution is -2.21. The molecule has 1 aromatic carbocycles. The molecule has 0 aliphatic carbocycles. The number of hydrogen-bond acceptors (Lipinski definition) is 2. The molecule has 2 aromatic rings. The summed E-state index contributed by atoms with van der Waals surface area (Å²) >= 11 is 12.2. The second-order valence-corrected chi connectivity index (χ2v) is 6.28. The van der Waals surface area contributed by atoms with Crippen molar-refractivity contribution in [1.29, 1.82) is 0 Å². The zero-order chi connectivity index (χ0) is 17.6. The van der Waals surface area contributed by atoms with Crippen LogP contribution >= 0.6 is 23.2 Å². The lowest BCUT2D eigenvalue weighted by atomic mass is 9.98. The Morgan fingerprint density at radius 3 is 1.96 bits per heavy atom. The fourth-order valence-corrected chi connectivity index (χ4v) is 2.66. The Hall–Kier alpha value is -1.50. The van der Waals surface area contributed by atoms with Crippen LogP contribution in [0.5, 0.6) is 0 Å². The van der Waals surface area contributed by atoms with Gasteiger partial charge in [-0.25, -0.2) is 0 Å². The fraction of sp³-hybridized carbons (Fsp3) is 0.267. The summed E-state index contributed by atoms with van der Waals surface area (Å²) in [5.74, 6) is 0. The lowest BCUT2D eigenvalue weighted by molar-refractivity contribution is -0.137. The molecule has 8 heteroatoms. The molecule has 2 rings (SSSR count). The van der Waals surface area contributed by atoms with E-state index in [2.05, 4.69) is 0 Å². The first kappa shape index (κ1) is 17.8. The quantitative estimate of drug-likeness (QED) is 0.857. The first-order valence-electron chi connectivity index (χ1n) is 6.43. The highest BCUT2D eigenvalue weighted by Gasteiger charge is 2.31. The summed E-state index contributed by atoms with van der Waals surface area (Å²) < 4.78 is 38.8. The highest BCUT2D eigenvalue weighted by molar-refractivity contribution is 6.37. The number of pyridine rings is 1. The minimum atomic E-state index is -4.61. The average Bonchev–Trinajstić information content (AvgIpc) is 2.37. The number of benzene rings is 1. The van der Waals surface area contributed by atoms with Gasteiger partial charge in [-0.3, -0.25) is 9.36 Å². The van der Waals surface area contributed by atoms with Crippen LogP contribution < -0.4 is 5.56 Å². The second kappa shape index (κ2) is 5.85. The summed E-state index contributed by atoms with van der Waals surface area (Å²) in [6.07, 6.45) is -3.65. The molecule has 0 spiro atoms. The van der Waals surface area contributed by atoms with Gasteiger partial charge < -0.3 is 5.11 Å². The molecule has 3 nitrogen and oxygen atoms in total. The summed E-state index contributed by atoms with van der Waals surface area (Å²) in [6.45, 7) is 3.05. The third-order valence-electron chi connectivity index (χ3n) is 3.21. The zero-order valence-corrected chi connectivity index (χ0v) is 13.6. The molecule has 0 saturated carbocycles. The van der Waals surface area contributed by atoms with Crippen LogP contribution in [0.4, 0.5) is 13.2 Å². The molecule has 0 amide bonds. The number of nitrogens with zero attached hydrogens (tertiary/aromatic N) is 1. The van der Waals surface area contributed by atoms with Crippen molar-refractivity contribution in [2.75, 3.05) is 0 Å². The molecule has 1 aromatic heterocycles. The molecule has 23 heavy (non-hydrogen) atoms. The number of aromatic nitrogens is 1. The molecule has 1 N–H and O–H groups in total. The predicted molar refractivity (Wildman–Crippen MR) is 82.3 cm³/mol. The van der Waals surface area contributed by atoms with E-state index in [9.17, 15) is 23.1 Å². The predicted octanol–water partition coefficient (Wildman–Crippen LogP) is 4.39. The van der Waals surface area contributed by atoms with E-state index in [-0.39, 0.29) is 15.7 Å². The van der Waals surface area contributed by atoms with E-state index in [0.29, 0.717) is 11.6 Å². The van der Waals surface area contributed by atoms with E-state index in [1.807, 2.05) is 0 Å². The van der Waals surface area contributed by atoms with Crippen LogP contribution in [0.3, 0.4) is 0 Å². The van der Waals surface area contributed by atoms with Gasteiger partial charge in [0.15, 0.2) is 0 Å². The van der Waals surface area contributed by atoms with Crippen molar-refractivity contribution in [2.24, 2.45) is 0 Å². The molecule has 0 bridgehead atoms. The Morgan fingerprint density at radius 1 is 1.04 bits per heavy atom. The standard InChI is InChI=1S/C15H12Cl2F3NO2/c1-14(2,23)9-5-10(16)13(11(17)6-9)21-4-3-8(7-12(21)22)15(18,19)20/h3-7,23H,1-2H3. The topological polar surface area (TPSA) is 42.2 Å². The number of hydrogen-bond donors (Lipinski definition) is 1. The number of aliphatic hydroxyl groups is 1. The van der Waals surface area contributed by atoms with Crippen molar-refractivity contribution >= 4 is 23.2 Å². The normalized spacial score (nSPS) is 12.5. The summed E-state index contributed by atoms with van der Waals surface area (Å²) in [4.78, 5) is 12.0. The SMILES string of the molecule is CC(C)(O)c1cc(Cl)c(-n2ccc(C(F)(F)F)cc2=O)c(Cl)c1. The monoisotopic (exact) mass is 365 g/mol. The number of alkyl halides is 3. The summed E-state index contributed by atoms with van der Waals surface area (Å²) in [6, 6.07) is 4.05. The van der Waals surface area contributed by atoms with E-state index in [4.69, 9.17) is 23.2 Å². The van der Waals surface area contributed by atoms with E-state index in [1.54, 1.807) is 0 Å². The summed E-state index contributed by atoms with van der Waals surface area (Å²) in [5, 5.41) is 10.0. The maximum Gasteiger partial charge on any atom is 0.416 e. The smallest absolute Gasteiger partial charge is 0.386 e. The largest absolute Gasteiger partial charge is 0.416 e. The van der Waals surface area contributed by atoms with Gasteiger partial charge in [-0.1, -0.05) is 23.2 Å². The van der Waals surface area contributed by atoms with E-state index < -0.39 is 22.9 Å². The van der Waals surface area contributed by atoms with Crippen LogP contribution in [-0.2, 0) is 11.8 Å².